The fraction of sp³-hybridized carbons (Fsp3) is 0.821. The quantitative estimate of drug-likeness (QED) is 0.0425. The summed E-state index contributed by atoms with van der Waals surface area (Å²) in [4.78, 5) is 49.1. The monoisotopic (exact) mass is 605 g/mol. The summed E-state index contributed by atoms with van der Waals surface area (Å²) in [7, 11) is -0.606. The molecule has 0 aromatic rings. The second-order valence-corrected chi connectivity index (χ2v) is 13.5. The van der Waals surface area contributed by atoms with Gasteiger partial charge in [-0.25, -0.2) is 10.1 Å². The van der Waals surface area contributed by atoms with Gasteiger partial charge in [0, 0.05) is 18.7 Å². The van der Waals surface area contributed by atoms with Crippen molar-refractivity contribution in [2.45, 2.75) is 110 Å². The molecule has 2 saturated heterocycles. The van der Waals surface area contributed by atoms with Crippen LogP contribution in [0.5, 0.6) is 0 Å². The molecule has 0 aromatic carbocycles. The first kappa shape index (κ1) is 33.2. The highest BCUT2D eigenvalue weighted by Crippen LogP contribution is 2.65. The molecule has 5 aliphatic rings. The van der Waals surface area contributed by atoms with Gasteiger partial charge in [0.1, 0.15) is 6.04 Å². The highest BCUT2D eigenvalue weighted by molar-refractivity contribution is 6.48. The fourth-order valence-corrected chi connectivity index (χ4v) is 6.96. The Labute approximate surface area is 254 Å². The number of amides is 3. The van der Waals surface area contributed by atoms with Crippen LogP contribution >= 0.6 is 0 Å². The molecule has 5 fully saturated rings. The number of rotatable bonds is 16. The molecule has 2 aliphatic heterocycles. The van der Waals surface area contributed by atoms with Gasteiger partial charge in [0.05, 0.1) is 17.6 Å². The van der Waals surface area contributed by atoms with Gasteiger partial charge in [-0.1, -0.05) is 34.6 Å². The number of hydrogen-bond donors (Lipinski definition) is 5. The SMILES string of the molecule is CCCNC(=O)/C=C\C(=O)N[C@@H](CCCNC1NN1[N+](=O)[O-])C(=O)N[C@@H](CC(C)C)B1O[C@@H]2C[C@@H]3C[C@@H](C3(C)C)[C@]2(C)O1. The van der Waals surface area contributed by atoms with Crippen LogP contribution in [0.25, 0.3) is 0 Å². The molecule has 14 nitrogen and oxygen atoms in total. The zero-order valence-corrected chi connectivity index (χ0v) is 26.2. The number of hydrazine groups is 2. The zero-order valence-electron chi connectivity index (χ0n) is 26.2. The van der Waals surface area contributed by atoms with Crippen LogP contribution in [0, 0.1) is 33.3 Å². The minimum atomic E-state index is -0.905. The summed E-state index contributed by atoms with van der Waals surface area (Å²) in [5.41, 5.74) is 2.34. The van der Waals surface area contributed by atoms with E-state index in [9.17, 15) is 24.5 Å². The van der Waals surface area contributed by atoms with Gasteiger partial charge in [-0.15, -0.1) is 5.43 Å². The fourth-order valence-electron chi connectivity index (χ4n) is 6.96. The van der Waals surface area contributed by atoms with Crippen molar-refractivity contribution in [1.82, 2.24) is 31.8 Å². The highest BCUT2D eigenvalue weighted by Gasteiger charge is 2.68. The maximum atomic E-state index is 13.7. The Hall–Kier alpha value is -2.75. The molecule has 43 heavy (non-hydrogen) atoms. The lowest BCUT2D eigenvalue weighted by Crippen LogP contribution is -2.65. The molecule has 2 bridgehead atoms. The molecule has 3 aliphatic carbocycles. The summed E-state index contributed by atoms with van der Waals surface area (Å²) in [6.45, 7) is 13.7. The lowest BCUT2D eigenvalue weighted by molar-refractivity contribution is -0.627. The summed E-state index contributed by atoms with van der Waals surface area (Å²) in [6, 6.07) is -0.905. The molecule has 15 heteroatoms. The topological polar surface area (TPSA) is 186 Å². The van der Waals surface area contributed by atoms with Crippen LogP contribution in [-0.4, -0.2) is 78.1 Å². The maximum Gasteiger partial charge on any atom is 0.481 e. The van der Waals surface area contributed by atoms with Crippen LogP contribution < -0.4 is 26.7 Å². The first-order valence-corrected chi connectivity index (χ1v) is 15.6. The van der Waals surface area contributed by atoms with Crippen molar-refractivity contribution in [1.29, 1.82) is 0 Å². The van der Waals surface area contributed by atoms with Crippen molar-refractivity contribution in [3.05, 3.63) is 22.3 Å². The molecule has 240 valence electrons. The van der Waals surface area contributed by atoms with E-state index in [4.69, 9.17) is 9.31 Å². The molecular weight excluding hydrogens is 557 g/mol. The van der Waals surface area contributed by atoms with Gasteiger partial charge in [0.15, 0.2) is 5.03 Å². The first-order valence-electron chi connectivity index (χ1n) is 15.6. The number of nitro groups is 1. The van der Waals surface area contributed by atoms with Gasteiger partial charge in [0.25, 0.3) is 0 Å². The van der Waals surface area contributed by atoms with E-state index in [1.807, 2.05) is 6.92 Å². The number of nitrogens with zero attached hydrogens (tertiary/aromatic N) is 2. The molecule has 2 heterocycles. The molecule has 5 N–H and O–H groups in total. The van der Waals surface area contributed by atoms with Crippen molar-refractivity contribution in [3.63, 3.8) is 0 Å². The van der Waals surface area contributed by atoms with Crippen molar-refractivity contribution in [2.24, 2.45) is 23.2 Å². The lowest BCUT2D eigenvalue weighted by atomic mass is 9.43. The molecular formula is C28H48BN7O7. The summed E-state index contributed by atoms with van der Waals surface area (Å²) >= 11 is 0. The second kappa shape index (κ2) is 13.5. The summed E-state index contributed by atoms with van der Waals surface area (Å²) in [6.07, 6.45) is 5.83. The van der Waals surface area contributed by atoms with E-state index < -0.39 is 47.8 Å². The van der Waals surface area contributed by atoms with Crippen LogP contribution in [0.4, 0.5) is 0 Å². The highest BCUT2D eigenvalue weighted by atomic mass is 16.7. The molecule has 3 saturated carbocycles. The number of carbonyl (C=O) groups is 3. The van der Waals surface area contributed by atoms with E-state index in [0.29, 0.717) is 37.8 Å². The predicted molar refractivity (Wildman–Crippen MR) is 159 cm³/mol. The van der Waals surface area contributed by atoms with Gasteiger partial charge in [-0.3, -0.25) is 19.7 Å². The Balaban J connectivity index is 1.40. The smallest absolute Gasteiger partial charge is 0.404 e. The zero-order chi connectivity index (χ0) is 31.5. The van der Waals surface area contributed by atoms with E-state index in [2.05, 4.69) is 61.3 Å². The van der Waals surface area contributed by atoms with Crippen molar-refractivity contribution in [2.75, 3.05) is 13.1 Å². The Bertz CT molecular complexity index is 1090. The van der Waals surface area contributed by atoms with Gasteiger partial charge in [-0.05, 0) is 80.3 Å². The molecule has 7 atom stereocenters. The van der Waals surface area contributed by atoms with Crippen LogP contribution in [-0.2, 0) is 23.7 Å². The second-order valence-electron chi connectivity index (χ2n) is 13.5. The van der Waals surface area contributed by atoms with Gasteiger partial charge in [-0.2, -0.15) is 0 Å². The number of nitrogens with one attached hydrogen (secondary N) is 5. The van der Waals surface area contributed by atoms with Crippen molar-refractivity contribution in [3.8, 4) is 0 Å². The van der Waals surface area contributed by atoms with E-state index in [-0.39, 0.29) is 29.8 Å². The number of carbonyl (C=O) groups excluding carboxylic acids is 3. The van der Waals surface area contributed by atoms with E-state index in [1.54, 1.807) is 0 Å². The third-order valence-corrected chi connectivity index (χ3v) is 9.53. The van der Waals surface area contributed by atoms with Crippen LogP contribution in [0.15, 0.2) is 12.2 Å². The maximum absolute atomic E-state index is 13.7. The van der Waals surface area contributed by atoms with Gasteiger partial charge >= 0.3 is 7.12 Å². The Morgan fingerprint density at radius 2 is 1.86 bits per heavy atom. The molecule has 0 aromatic heterocycles. The Morgan fingerprint density at radius 3 is 2.49 bits per heavy atom. The summed E-state index contributed by atoms with van der Waals surface area (Å²) in [5, 5.41) is 22.6. The summed E-state index contributed by atoms with van der Waals surface area (Å²) in [5.74, 6) is -0.531. The average molecular weight is 606 g/mol. The van der Waals surface area contributed by atoms with Crippen LogP contribution in [0.2, 0.25) is 0 Å². The number of hydrogen-bond acceptors (Lipinski definition) is 9. The van der Waals surface area contributed by atoms with Gasteiger partial charge in [0.2, 0.25) is 24.0 Å². The van der Waals surface area contributed by atoms with Crippen molar-refractivity contribution < 1.29 is 28.7 Å². The van der Waals surface area contributed by atoms with Gasteiger partial charge < -0.3 is 25.3 Å². The van der Waals surface area contributed by atoms with E-state index in [1.165, 1.54) is 0 Å². The molecule has 3 amide bonds. The predicted octanol–water partition coefficient (Wildman–Crippen LogP) is 1.02. The third kappa shape index (κ3) is 7.67. The minimum absolute atomic E-state index is 0.0267. The van der Waals surface area contributed by atoms with Crippen LogP contribution in [0.3, 0.4) is 0 Å². The standard InChI is InChI=1S/C28H48BN7O7/c1-7-12-30-23(37)10-11-24(38)32-19(9-8-13-31-26-34-35(26)36(40)41)25(39)33-22(14-17(2)3)29-42-21-16-18-15-20(27(18,4)5)28(21,6)43-29/h10-11,17-22,26,31,34H,7-9,12-16H2,1-6H3,(H,30,37)(H,32,38)(H,33,39)/b11-10-/t18-,19-,20-,21+,22-,26?,28-,35?/m0/s1. The van der Waals surface area contributed by atoms with Crippen LogP contribution in [0.1, 0.15) is 80.1 Å². The Kier molecular flexibility index (Phi) is 10.4. The Morgan fingerprint density at radius 1 is 1.14 bits per heavy atom. The molecule has 1 unspecified atom stereocenters. The summed E-state index contributed by atoms with van der Waals surface area (Å²) < 4.78 is 13.2. The molecule has 0 radical (unpaired) electrons. The van der Waals surface area contributed by atoms with E-state index in [0.717, 1.165) is 36.5 Å². The van der Waals surface area contributed by atoms with E-state index >= 15 is 0 Å². The molecule has 0 spiro atoms. The minimum Gasteiger partial charge on any atom is -0.404 e. The largest absolute Gasteiger partial charge is 0.481 e. The lowest BCUT2D eigenvalue weighted by Gasteiger charge is -2.64. The average Bonchev–Trinajstić information content (AvgIpc) is 3.63. The van der Waals surface area contributed by atoms with Crippen molar-refractivity contribution >= 4 is 24.8 Å². The first-order chi connectivity index (χ1) is 20.3. The normalized spacial score (nSPS) is 29.9. The molecule has 5 rings (SSSR count). The third-order valence-electron chi connectivity index (χ3n) is 9.53.